The van der Waals surface area contributed by atoms with Crippen molar-refractivity contribution in [3.05, 3.63) is 53.6 Å². The van der Waals surface area contributed by atoms with Crippen LogP contribution in [0.15, 0.2) is 47.5 Å². The Morgan fingerprint density at radius 1 is 1.25 bits per heavy atom. The highest BCUT2D eigenvalue weighted by Gasteiger charge is 2.05. The van der Waals surface area contributed by atoms with Gasteiger partial charge in [0.05, 0.1) is 18.4 Å². The molecule has 20 heavy (non-hydrogen) atoms. The SMILES string of the molecule is COc1cccc(C=Nc2cccc(C(=O)O)c2)c1O. The van der Waals surface area contributed by atoms with E-state index in [1.807, 2.05) is 0 Å². The molecule has 2 aromatic rings. The van der Waals surface area contributed by atoms with Crippen molar-refractivity contribution in [3.8, 4) is 11.5 Å². The summed E-state index contributed by atoms with van der Waals surface area (Å²) in [4.78, 5) is 15.0. The molecule has 0 unspecified atom stereocenters. The topological polar surface area (TPSA) is 79.1 Å². The maximum Gasteiger partial charge on any atom is 0.335 e. The van der Waals surface area contributed by atoms with Crippen molar-refractivity contribution in [3.63, 3.8) is 0 Å². The normalized spacial score (nSPS) is 10.7. The van der Waals surface area contributed by atoms with Crippen LogP contribution in [0, 0.1) is 0 Å². The van der Waals surface area contributed by atoms with Gasteiger partial charge >= 0.3 is 5.97 Å². The number of phenolic OH excluding ortho intramolecular Hbond substituents is 1. The number of aliphatic imine (C=N–C) groups is 1. The van der Waals surface area contributed by atoms with Crippen molar-refractivity contribution >= 4 is 17.9 Å². The first kappa shape index (κ1) is 13.6. The molecule has 102 valence electrons. The summed E-state index contributed by atoms with van der Waals surface area (Å²) < 4.78 is 5.00. The second-order valence-corrected chi connectivity index (χ2v) is 4.01. The Hall–Kier alpha value is -2.82. The zero-order chi connectivity index (χ0) is 14.5. The van der Waals surface area contributed by atoms with E-state index >= 15 is 0 Å². The van der Waals surface area contributed by atoms with E-state index in [0.29, 0.717) is 17.0 Å². The fourth-order valence-electron chi connectivity index (χ4n) is 1.67. The summed E-state index contributed by atoms with van der Waals surface area (Å²) in [5.74, 6) is -0.660. The average Bonchev–Trinajstić information content (AvgIpc) is 2.46. The Kier molecular flexibility index (Phi) is 4.00. The number of methoxy groups -OCH3 is 1. The molecule has 0 aliphatic rings. The summed E-state index contributed by atoms with van der Waals surface area (Å²) in [6.45, 7) is 0. The molecule has 2 rings (SSSR count). The van der Waals surface area contributed by atoms with Gasteiger partial charge in [0.25, 0.3) is 0 Å². The standard InChI is InChI=1S/C15H13NO4/c1-20-13-7-3-5-11(14(13)17)9-16-12-6-2-4-10(8-12)15(18)19/h2-9,17H,1H3,(H,18,19). The fraction of sp³-hybridized carbons (Fsp3) is 0.0667. The summed E-state index contributed by atoms with van der Waals surface area (Å²) in [5, 5.41) is 18.8. The van der Waals surface area contributed by atoms with Crippen LogP contribution in [0.25, 0.3) is 0 Å². The lowest BCUT2D eigenvalue weighted by molar-refractivity contribution is 0.0697. The Morgan fingerprint density at radius 2 is 2.00 bits per heavy atom. The van der Waals surface area contributed by atoms with Crippen molar-refractivity contribution in [2.24, 2.45) is 4.99 Å². The highest BCUT2D eigenvalue weighted by molar-refractivity contribution is 5.90. The van der Waals surface area contributed by atoms with E-state index in [2.05, 4.69) is 4.99 Å². The first-order valence-corrected chi connectivity index (χ1v) is 5.85. The summed E-state index contributed by atoms with van der Waals surface area (Å²) >= 11 is 0. The van der Waals surface area contributed by atoms with Gasteiger partial charge in [0.1, 0.15) is 0 Å². The van der Waals surface area contributed by atoms with Crippen LogP contribution in [0.2, 0.25) is 0 Å². The van der Waals surface area contributed by atoms with Gasteiger partial charge in [-0.2, -0.15) is 0 Å². The number of hydrogen-bond acceptors (Lipinski definition) is 4. The average molecular weight is 271 g/mol. The van der Waals surface area contributed by atoms with Crippen LogP contribution >= 0.6 is 0 Å². The first-order valence-electron chi connectivity index (χ1n) is 5.85. The molecule has 0 fully saturated rings. The van der Waals surface area contributed by atoms with Gasteiger partial charge in [-0.25, -0.2) is 4.79 Å². The molecule has 0 saturated carbocycles. The highest BCUT2D eigenvalue weighted by atomic mass is 16.5. The second-order valence-electron chi connectivity index (χ2n) is 4.01. The van der Waals surface area contributed by atoms with Crippen LogP contribution < -0.4 is 4.74 Å². The molecule has 5 heteroatoms. The molecule has 0 atom stereocenters. The van der Waals surface area contributed by atoms with Crippen LogP contribution in [-0.2, 0) is 0 Å². The number of rotatable bonds is 4. The fourth-order valence-corrected chi connectivity index (χ4v) is 1.67. The molecule has 2 aromatic carbocycles. The number of ether oxygens (including phenoxy) is 1. The number of phenols is 1. The minimum Gasteiger partial charge on any atom is -0.504 e. The number of benzene rings is 2. The van der Waals surface area contributed by atoms with Crippen molar-refractivity contribution in [1.29, 1.82) is 0 Å². The van der Waals surface area contributed by atoms with Crippen molar-refractivity contribution < 1.29 is 19.7 Å². The molecule has 0 heterocycles. The summed E-state index contributed by atoms with van der Waals surface area (Å²) in [5.41, 5.74) is 1.15. The molecule has 0 saturated heterocycles. The largest absolute Gasteiger partial charge is 0.504 e. The second kappa shape index (κ2) is 5.88. The Morgan fingerprint density at radius 3 is 2.70 bits per heavy atom. The molecule has 0 amide bonds. The zero-order valence-corrected chi connectivity index (χ0v) is 10.8. The predicted octanol–water partition coefficient (Wildman–Crippen LogP) is 2.85. The van der Waals surface area contributed by atoms with Gasteiger partial charge in [0, 0.05) is 11.8 Å². The van der Waals surface area contributed by atoms with Crippen molar-refractivity contribution in [1.82, 2.24) is 0 Å². The molecular formula is C15H13NO4. The highest BCUT2D eigenvalue weighted by Crippen LogP contribution is 2.28. The monoisotopic (exact) mass is 271 g/mol. The molecule has 2 N–H and O–H groups in total. The minimum atomic E-state index is -1.01. The van der Waals surface area contributed by atoms with Crippen LogP contribution in [0.4, 0.5) is 5.69 Å². The first-order chi connectivity index (χ1) is 9.61. The Bertz CT molecular complexity index is 665. The molecule has 0 aromatic heterocycles. The number of carbonyl (C=O) groups is 1. The van der Waals surface area contributed by atoms with E-state index in [4.69, 9.17) is 9.84 Å². The van der Waals surface area contributed by atoms with E-state index in [0.717, 1.165) is 0 Å². The van der Waals surface area contributed by atoms with Crippen molar-refractivity contribution in [2.45, 2.75) is 0 Å². The summed E-state index contributed by atoms with van der Waals surface area (Å²) in [6.07, 6.45) is 1.46. The van der Waals surface area contributed by atoms with E-state index in [1.54, 1.807) is 30.3 Å². The Labute approximate surface area is 115 Å². The predicted molar refractivity (Wildman–Crippen MR) is 75.3 cm³/mol. The van der Waals surface area contributed by atoms with Gasteiger partial charge in [-0.05, 0) is 30.3 Å². The molecule has 0 aliphatic carbocycles. The van der Waals surface area contributed by atoms with Crippen LogP contribution in [0.1, 0.15) is 15.9 Å². The zero-order valence-electron chi connectivity index (χ0n) is 10.8. The number of carboxylic acid groups (broad SMARTS) is 1. The van der Waals surface area contributed by atoms with Crippen LogP contribution in [-0.4, -0.2) is 29.5 Å². The van der Waals surface area contributed by atoms with Gasteiger partial charge in [-0.3, -0.25) is 4.99 Å². The Balaban J connectivity index is 2.30. The van der Waals surface area contributed by atoms with Gasteiger partial charge < -0.3 is 14.9 Å². The lowest BCUT2D eigenvalue weighted by Gasteiger charge is -2.04. The lowest BCUT2D eigenvalue weighted by atomic mass is 10.2. The number of aromatic hydroxyl groups is 1. The number of aromatic carboxylic acids is 1. The third-order valence-electron chi connectivity index (χ3n) is 2.70. The third-order valence-corrected chi connectivity index (χ3v) is 2.70. The number of para-hydroxylation sites is 1. The summed E-state index contributed by atoms with van der Waals surface area (Å²) in [7, 11) is 1.46. The van der Waals surface area contributed by atoms with Crippen molar-refractivity contribution in [2.75, 3.05) is 7.11 Å². The molecule has 5 nitrogen and oxygen atoms in total. The smallest absolute Gasteiger partial charge is 0.335 e. The van der Waals surface area contributed by atoms with Gasteiger partial charge in [-0.15, -0.1) is 0 Å². The van der Waals surface area contributed by atoms with Crippen LogP contribution in [0.5, 0.6) is 11.5 Å². The molecule has 0 radical (unpaired) electrons. The number of carboxylic acids is 1. The van der Waals surface area contributed by atoms with E-state index < -0.39 is 5.97 Å². The van der Waals surface area contributed by atoms with Gasteiger partial charge in [0.2, 0.25) is 0 Å². The molecule has 0 bridgehead atoms. The van der Waals surface area contributed by atoms with E-state index in [1.165, 1.54) is 25.5 Å². The quantitative estimate of drug-likeness (QED) is 0.838. The van der Waals surface area contributed by atoms with Crippen LogP contribution in [0.3, 0.4) is 0 Å². The maximum absolute atomic E-state index is 10.9. The molecular weight excluding hydrogens is 258 g/mol. The van der Waals surface area contributed by atoms with E-state index in [-0.39, 0.29) is 11.3 Å². The lowest BCUT2D eigenvalue weighted by Crippen LogP contribution is -1.94. The number of nitrogens with zero attached hydrogens (tertiary/aromatic N) is 1. The molecule has 0 aliphatic heterocycles. The molecule has 0 spiro atoms. The summed E-state index contributed by atoms with van der Waals surface area (Å²) in [6, 6.07) is 11.3. The number of hydrogen-bond donors (Lipinski definition) is 2. The van der Waals surface area contributed by atoms with Gasteiger partial charge in [-0.1, -0.05) is 12.1 Å². The van der Waals surface area contributed by atoms with E-state index in [9.17, 15) is 9.90 Å². The minimum absolute atomic E-state index is 0.00635. The third kappa shape index (κ3) is 2.95. The van der Waals surface area contributed by atoms with Gasteiger partial charge in [0.15, 0.2) is 11.5 Å². The maximum atomic E-state index is 10.9.